The molecule has 0 fully saturated rings. The van der Waals surface area contributed by atoms with Crippen LogP contribution < -0.4 is 18.9 Å². The van der Waals surface area contributed by atoms with Crippen molar-refractivity contribution < 1.29 is 52.9 Å². The predicted octanol–water partition coefficient (Wildman–Crippen LogP) is 7.60. The zero-order valence-electron chi connectivity index (χ0n) is 30.4. The molecule has 4 rings (SSSR count). The molecule has 4 aromatic carbocycles. The number of carbonyl (C=O) groups is 4. The van der Waals surface area contributed by atoms with E-state index in [1.165, 1.54) is 25.0 Å². The number of nitro groups is 1. The van der Waals surface area contributed by atoms with Gasteiger partial charge in [0.05, 0.1) is 28.4 Å². The summed E-state index contributed by atoms with van der Waals surface area (Å²) in [5.41, 5.74) is 3.26. The number of nitrogens with zero attached hydrogens (tertiary/aromatic N) is 1. The van der Waals surface area contributed by atoms with Gasteiger partial charge in [-0.3, -0.25) is 29.3 Å². The standard InChI is InChI=1S/C15H16O2.C9H10O2.C7H8O.C4H6O3.C2H4O2.CH3NO2.CH4/c1-16-14-7-3-12(4-8-14)11-13-5-9-15(17-2)10-6-13;1-7(10)8-3-5-9(11-2)6-4-8;1-8-7-5-3-2-4-6-7;1-3(5)7-4(2)6;2*1-2(3)4;/h3-10H,11H2,1-2H3;3-6H,1-2H3;2-6H,1H3;1-2H3;1H3,(H,3,4);1H3;1H4. The van der Waals surface area contributed by atoms with E-state index in [-0.39, 0.29) is 13.2 Å². The van der Waals surface area contributed by atoms with Crippen LogP contribution in [-0.4, -0.2) is 69.2 Å². The first-order valence-corrected chi connectivity index (χ1v) is 15.0. The van der Waals surface area contributed by atoms with Crippen molar-refractivity contribution in [2.45, 2.75) is 41.5 Å². The Bertz CT molecular complexity index is 1480. The Morgan fingerprint density at radius 2 is 0.846 bits per heavy atom. The van der Waals surface area contributed by atoms with Crippen molar-refractivity contribution in [3.05, 3.63) is 130 Å². The molecule has 0 spiro atoms. The number of ether oxygens (including phenoxy) is 5. The number of hydrogen-bond acceptors (Lipinski definition) is 11. The number of methoxy groups -OCH3 is 4. The lowest BCUT2D eigenvalue weighted by atomic mass is 10.0. The van der Waals surface area contributed by atoms with Gasteiger partial charge in [0.15, 0.2) is 12.8 Å². The van der Waals surface area contributed by atoms with Crippen LogP contribution in [0, 0.1) is 10.1 Å². The number of hydrogen-bond donors (Lipinski definition) is 1. The summed E-state index contributed by atoms with van der Waals surface area (Å²) in [4.78, 5) is 47.7. The first-order chi connectivity index (χ1) is 24.1. The predicted molar refractivity (Wildman–Crippen MR) is 200 cm³/mol. The minimum absolute atomic E-state index is 0. The molecule has 13 nitrogen and oxygen atoms in total. The van der Waals surface area contributed by atoms with Crippen LogP contribution in [0.4, 0.5) is 0 Å². The van der Waals surface area contributed by atoms with E-state index in [1.807, 2.05) is 54.6 Å². The maximum Gasteiger partial charge on any atom is 0.310 e. The zero-order chi connectivity index (χ0) is 39.2. The van der Waals surface area contributed by atoms with Crippen molar-refractivity contribution >= 4 is 23.7 Å². The first kappa shape index (κ1) is 50.1. The van der Waals surface area contributed by atoms with E-state index in [0.717, 1.165) is 43.4 Å². The molecule has 52 heavy (non-hydrogen) atoms. The van der Waals surface area contributed by atoms with Gasteiger partial charge < -0.3 is 28.8 Å². The second-order valence-corrected chi connectivity index (χ2v) is 9.72. The lowest BCUT2D eigenvalue weighted by molar-refractivity contribution is -0.445. The molecule has 0 aromatic heterocycles. The first-order valence-electron chi connectivity index (χ1n) is 15.0. The van der Waals surface area contributed by atoms with E-state index < -0.39 is 22.8 Å². The molecule has 0 aliphatic heterocycles. The molecule has 0 aliphatic carbocycles. The van der Waals surface area contributed by atoms with Crippen LogP contribution in [0.3, 0.4) is 0 Å². The molecule has 0 atom stereocenters. The molecule has 0 aliphatic rings. The number of esters is 2. The molecule has 0 unspecified atom stereocenters. The van der Waals surface area contributed by atoms with Crippen LogP contribution >= 0.6 is 0 Å². The summed E-state index contributed by atoms with van der Waals surface area (Å²) in [6.45, 7) is 4.99. The average molecular weight is 726 g/mol. The molecule has 0 amide bonds. The van der Waals surface area contributed by atoms with Gasteiger partial charge in [0.1, 0.15) is 23.0 Å². The van der Waals surface area contributed by atoms with Crippen LogP contribution in [0.15, 0.2) is 103 Å². The number of carboxylic acids is 1. The van der Waals surface area contributed by atoms with Crippen LogP contribution in [0.2, 0.25) is 0 Å². The summed E-state index contributed by atoms with van der Waals surface area (Å²) in [5.74, 6) is 1.59. The Morgan fingerprint density at radius 3 is 1.06 bits per heavy atom. The summed E-state index contributed by atoms with van der Waals surface area (Å²) in [6, 6.07) is 33.0. The molecular formula is C39H51NO12. The van der Waals surface area contributed by atoms with E-state index in [1.54, 1.807) is 59.6 Å². The third-order valence-corrected chi connectivity index (χ3v) is 5.49. The smallest absolute Gasteiger partial charge is 0.310 e. The highest BCUT2D eigenvalue weighted by molar-refractivity contribution is 5.94. The fourth-order valence-electron chi connectivity index (χ4n) is 3.31. The van der Waals surface area contributed by atoms with E-state index in [0.29, 0.717) is 5.56 Å². The molecule has 0 saturated carbocycles. The number of carbonyl (C=O) groups excluding carboxylic acids is 3. The summed E-state index contributed by atoms with van der Waals surface area (Å²) in [5, 5.41) is 16.2. The van der Waals surface area contributed by atoms with Crippen molar-refractivity contribution in [1.29, 1.82) is 0 Å². The fraction of sp³-hybridized carbons (Fsp3) is 0.282. The SMILES string of the molecule is C.CC(=O)O.CC(=O)OC(C)=O.COc1ccc(C(C)=O)cc1.COc1ccc(Cc2ccc(OC)cc2)cc1.COc1ccccc1.C[N+](=O)[O-]. The van der Waals surface area contributed by atoms with Gasteiger partial charge in [0.25, 0.3) is 5.97 Å². The molecule has 13 heteroatoms. The van der Waals surface area contributed by atoms with E-state index in [4.69, 9.17) is 39.0 Å². The van der Waals surface area contributed by atoms with E-state index >= 15 is 0 Å². The number of rotatable bonds is 7. The molecule has 0 saturated heterocycles. The van der Waals surface area contributed by atoms with Crippen molar-refractivity contribution in [2.75, 3.05) is 35.5 Å². The summed E-state index contributed by atoms with van der Waals surface area (Å²) >= 11 is 0. The van der Waals surface area contributed by atoms with Gasteiger partial charge in [-0.25, -0.2) is 0 Å². The molecule has 4 aromatic rings. The Labute approximate surface area is 306 Å². The third kappa shape index (κ3) is 29.9. The molecule has 1 N–H and O–H groups in total. The Balaban J connectivity index is -0.000000599. The molecule has 0 radical (unpaired) electrons. The monoisotopic (exact) mass is 725 g/mol. The highest BCUT2D eigenvalue weighted by Crippen LogP contribution is 2.17. The topological polar surface area (TPSA) is 178 Å². The van der Waals surface area contributed by atoms with Crippen LogP contribution in [0.1, 0.15) is 56.6 Å². The molecule has 0 heterocycles. The maximum absolute atomic E-state index is 10.8. The van der Waals surface area contributed by atoms with Crippen LogP contribution in [0.25, 0.3) is 0 Å². The Kier molecular flexibility index (Phi) is 29.7. The summed E-state index contributed by atoms with van der Waals surface area (Å²) in [6.07, 6.45) is 0.925. The molecule has 0 bridgehead atoms. The number of para-hydroxylation sites is 1. The summed E-state index contributed by atoms with van der Waals surface area (Å²) < 4.78 is 24.1. The lowest BCUT2D eigenvalue weighted by Gasteiger charge is -2.05. The number of ketones is 1. The zero-order valence-corrected chi connectivity index (χ0v) is 30.4. The van der Waals surface area contributed by atoms with Gasteiger partial charge in [-0.05, 0) is 85.1 Å². The molecular weight excluding hydrogens is 674 g/mol. The van der Waals surface area contributed by atoms with Crippen molar-refractivity contribution in [3.63, 3.8) is 0 Å². The number of aliphatic carboxylic acids is 1. The van der Waals surface area contributed by atoms with Gasteiger partial charge in [-0.2, -0.15) is 0 Å². The normalized spacial score (nSPS) is 8.56. The van der Waals surface area contributed by atoms with Gasteiger partial charge >= 0.3 is 11.9 Å². The Morgan fingerprint density at radius 1 is 0.577 bits per heavy atom. The number of carboxylic acid groups (broad SMARTS) is 1. The largest absolute Gasteiger partial charge is 0.497 e. The highest BCUT2D eigenvalue weighted by Gasteiger charge is 1.99. The van der Waals surface area contributed by atoms with Crippen molar-refractivity contribution in [3.8, 4) is 23.0 Å². The quantitative estimate of drug-likeness (QED) is 0.0649. The van der Waals surface area contributed by atoms with Crippen LogP contribution in [0.5, 0.6) is 23.0 Å². The van der Waals surface area contributed by atoms with E-state index in [9.17, 15) is 14.4 Å². The number of Topliss-reactive ketones (excluding diaryl/α,β-unsaturated/α-hetero) is 1. The van der Waals surface area contributed by atoms with Gasteiger partial charge in [0, 0.05) is 31.3 Å². The Hall–Kier alpha value is -6.24. The average Bonchev–Trinajstić information content (AvgIpc) is 3.09. The van der Waals surface area contributed by atoms with E-state index in [2.05, 4.69) is 29.0 Å². The van der Waals surface area contributed by atoms with Gasteiger partial charge in [-0.15, -0.1) is 0 Å². The number of benzene rings is 4. The summed E-state index contributed by atoms with van der Waals surface area (Å²) in [7, 11) is 7.51. The second kappa shape index (κ2) is 30.8. The minimum Gasteiger partial charge on any atom is -0.497 e. The van der Waals surface area contributed by atoms with Crippen molar-refractivity contribution in [1.82, 2.24) is 0 Å². The van der Waals surface area contributed by atoms with Gasteiger partial charge in [-0.1, -0.05) is 49.9 Å². The highest BCUT2D eigenvalue weighted by atomic mass is 16.6. The molecule has 284 valence electrons. The maximum atomic E-state index is 10.8. The van der Waals surface area contributed by atoms with Crippen LogP contribution in [-0.2, 0) is 25.5 Å². The lowest BCUT2D eigenvalue weighted by Crippen LogP contribution is -2.03. The van der Waals surface area contributed by atoms with Gasteiger partial charge in [0.2, 0.25) is 0 Å². The minimum atomic E-state index is -0.833. The second-order valence-electron chi connectivity index (χ2n) is 9.72. The van der Waals surface area contributed by atoms with Crippen molar-refractivity contribution in [2.24, 2.45) is 0 Å². The fourth-order valence-corrected chi connectivity index (χ4v) is 3.31. The third-order valence-electron chi connectivity index (χ3n) is 5.49.